The number of thioether (sulfide) groups is 1. The number of alkyl halides is 6. The Morgan fingerprint density at radius 1 is 1.35 bits per heavy atom. The third kappa shape index (κ3) is 5.54. The van der Waals surface area contributed by atoms with E-state index in [1.54, 1.807) is 0 Å². The van der Waals surface area contributed by atoms with Crippen molar-refractivity contribution in [3.63, 3.8) is 0 Å². The molecule has 0 fully saturated rings. The molecule has 2 nitrogen and oxygen atoms in total. The monoisotopic (exact) mass is 334 g/mol. The number of carbonyl (C=O) groups excluding carboxylic acids is 1. The van der Waals surface area contributed by atoms with Crippen LogP contribution in [0.2, 0.25) is 0 Å². The van der Waals surface area contributed by atoms with Crippen LogP contribution in [0.25, 0.3) is 0 Å². The van der Waals surface area contributed by atoms with Crippen LogP contribution in [0.1, 0.15) is 5.56 Å². The van der Waals surface area contributed by atoms with Crippen LogP contribution < -0.4 is 4.74 Å². The highest BCUT2D eigenvalue weighted by molar-refractivity contribution is 8.00. The van der Waals surface area contributed by atoms with Crippen molar-refractivity contribution in [2.75, 3.05) is 5.88 Å². The first kappa shape index (κ1) is 17.0. The Hall–Kier alpha value is -1.02. The average molecular weight is 335 g/mol. The molecule has 0 saturated carbocycles. The molecule has 0 aliphatic carbocycles. The maximum Gasteiger partial charge on any atom is 0.446 e. The van der Waals surface area contributed by atoms with Crippen LogP contribution in [0, 0.1) is 0 Å². The summed E-state index contributed by atoms with van der Waals surface area (Å²) >= 11 is 4.68. The van der Waals surface area contributed by atoms with Crippen LogP contribution >= 0.6 is 23.4 Å². The van der Waals surface area contributed by atoms with Gasteiger partial charge < -0.3 is 4.74 Å². The van der Waals surface area contributed by atoms with E-state index in [-0.39, 0.29) is 17.9 Å². The van der Waals surface area contributed by atoms with Crippen molar-refractivity contribution in [1.82, 2.24) is 0 Å². The summed E-state index contributed by atoms with van der Waals surface area (Å²) in [6.07, 6.45) is -0.387. The molecule has 1 aromatic rings. The van der Waals surface area contributed by atoms with Gasteiger partial charge in [0.25, 0.3) is 0 Å². The summed E-state index contributed by atoms with van der Waals surface area (Å²) in [5.41, 5.74) is -4.75. The smallest absolute Gasteiger partial charge is 0.434 e. The Kier molecular flexibility index (Phi) is 6.07. The first-order chi connectivity index (χ1) is 9.23. The van der Waals surface area contributed by atoms with Gasteiger partial charge in [-0.3, -0.25) is 4.79 Å². The van der Waals surface area contributed by atoms with Gasteiger partial charge in [0.15, 0.2) is 5.78 Å². The SMILES string of the molecule is O=C(CCl)Cc1cccc(OC(F)F)c1SC(F)(F)F. The molecular weight excluding hydrogens is 327 g/mol. The number of hydrogen-bond donors (Lipinski definition) is 0. The van der Waals surface area contributed by atoms with E-state index in [0.29, 0.717) is 0 Å². The van der Waals surface area contributed by atoms with Crippen molar-refractivity contribution in [2.24, 2.45) is 0 Å². The molecule has 0 amide bonds. The van der Waals surface area contributed by atoms with Crippen LogP contribution in [0.3, 0.4) is 0 Å². The van der Waals surface area contributed by atoms with Gasteiger partial charge in [0.1, 0.15) is 5.75 Å². The van der Waals surface area contributed by atoms with Gasteiger partial charge >= 0.3 is 12.1 Å². The first-order valence-electron chi connectivity index (χ1n) is 5.13. The van der Waals surface area contributed by atoms with E-state index in [1.165, 1.54) is 12.1 Å². The molecule has 1 aromatic carbocycles. The third-order valence-corrected chi connectivity index (χ3v) is 3.23. The molecule has 0 radical (unpaired) electrons. The van der Waals surface area contributed by atoms with E-state index in [2.05, 4.69) is 4.74 Å². The summed E-state index contributed by atoms with van der Waals surface area (Å²) in [4.78, 5) is 10.7. The molecule has 0 heterocycles. The largest absolute Gasteiger partial charge is 0.446 e. The third-order valence-electron chi connectivity index (χ3n) is 2.03. The van der Waals surface area contributed by atoms with Crippen molar-refractivity contribution in [1.29, 1.82) is 0 Å². The molecule has 0 aliphatic rings. The van der Waals surface area contributed by atoms with Crippen LogP contribution in [0.4, 0.5) is 22.0 Å². The van der Waals surface area contributed by atoms with E-state index in [1.807, 2.05) is 0 Å². The molecule has 0 aromatic heterocycles. The molecule has 0 spiro atoms. The van der Waals surface area contributed by atoms with Gasteiger partial charge in [-0.1, -0.05) is 12.1 Å². The van der Waals surface area contributed by atoms with Crippen molar-refractivity contribution in [2.45, 2.75) is 23.4 Å². The van der Waals surface area contributed by atoms with Gasteiger partial charge in [0, 0.05) is 6.42 Å². The lowest BCUT2D eigenvalue weighted by Crippen LogP contribution is -2.10. The quantitative estimate of drug-likeness (QED) is 0.442. The van der Waals surface area contributed by atoms with E-state index >= 15 is 0 Å². The molecule has 112 valence electrons. The lowest BCUT2D eigenvalue weighted by molar-refractivity contribution is -0.116. The number of benzene rings is 1. The second-order valence-electron chi connectivity index (χ2n) is 3.52. The molecule has 0 unspecified atom stereocenters. The predicted octanol–water partition coefficient (Wildman–Crippen LogP) is 4.25. The van der Waals surface area contributed by atoms with Crippen molar-refractivity contribution < 1.29 is 31.5 Å². The van der Waals surface area contributed by atoms with Crippen molar-refractivity contribution in [3.05, 3.63) is 23.8 Å². The second kappa shape index (κ2) is 7.12. The second-order valence-corrected chi connectivity index (χ2v) is 4.86. The van der Waals surface area contributed by atoms with Crippen molar-refractivity contribution in [3.8, 4) is 5.75 Å². The van der Waals surface area contributed by atoms with Gasteiger partial charge in [-0.15, -0.1) is 11.6 Å². The summed E-state index contributed by atoms with van der Waals surface area (Å²) in [5, 5.41) is 0. The number of Topliss-reactive ketones (excluding diaryl/α,β-unsaturated/α-hetero) is 1. The summed E-state index contributed by atoms with van der Waals surface area (Å²) in [6, 6.07) is 3.45. The number of hydrogen-bond acceptors (Lipinski definition) is 3. The topological polar surface area (TPSA) is 26.3 Å². The van der Waals surface area contributed by atoms with Gasteiger partial charge in [0.05, 0.1) is 10.8 Å². The maximum absolute atomic E-state index is 12.5. The Morgan fingerprint density at radius 3 is 2.50 bits per heavy atom. The molecule has 20 heavy (non-hydrogen) atoms. The zero-order valence-electron chi connectivity index (χ0n) is 9.72. The number of rotatable bonds is 6. The predicted molar refractivity (Wildman–Crippen MR) is 64.4 cm³/mol. The summed E-state index contributed by atoms with van der Waals surface area (Å²) in [6.45, 7) is -3.26. The Morgan fingerprint density at radius 2 is 2.00 bits per heavy atom. The highest BCUT2D eigenvalue weighted by Gasteiger charge is 2.33. The first-order valence-corrected chi connectivity index (χ1v) is 6.48. The number of halogens is 6. The van der Waals surface area contributed by atoms with E-state index in [4.69, 9.17) is 11.6 Å². The Bertz CT molecular complexity index is 478. The Balaban J connectivity index is 3.17. The van der Waals surface area contributed by atoms with Gasteiger partial charge in [0.2, 0.25) is 0 Å². The van der Waals surface area contributed by atoms with Crippen LogP contribution in [-0.2, 0) is 11.2 Å². The number of ketones is 1. The zero-order valence-corrected chi connectivity index (χ0v) is 11.3. The average Bonchev–Trinajstić information content (AvgIpc) is 2.31. The van der Waals surface area contributed by atoms with Crippen LogP contribution in [0.5, 0.6) is 5.75 Å². The minimum absolute atomic E-state index is 0.0591. The van der Waals surface area contributed by atoms with E-state index in [0.717, 1.165) is 6.07 Å². The summed E-state index contributed by atoms with van der Waals surface area (Å²) in [5.74, 6) is -1.53. The molecule has 0 atom stereocenters. The molecule has 0 saturated heterocycles. The van der Waals surface area contributed by atoms with Gasteiger partial charge in [-0.25, -0.2) is 0 Å². The molecule has 0 aliphatic heterocycles. The maximum atomic E-state index is 12.5. The molecule has 0 bridgehead atoms. The highest BCUT2D eigenvalue weighted by Crippen LogP contribution is 2.43. The fraction of sp³-hybridized carbons (Fsp3) is 0.364. The van der Waals surface area contributed by atoms with E-state index in [9.17, 15) is 26.7 Å². The molecular formula is C11H8ClF5O2S. The van der Waals surface area contributed by atoms with Crippen molar-refractivity contribution >= 4 is 29.1 Å². The Labute approximate surface area is 120 Å². The lowest BCUT2D eigenvalue weighted by Gasteiger charge is -2.15. The lowest BCUT2D eigenvalue weighted by atomic mass is 10.1. The fourth-order valence-electron chi connectivity index (χ4n) is 1.38. The normalized spacial score (nSPS) is 11.8. The minimum atomic E-state index is -4.69. The minimum Gasteiger partial charge on any atom is -0.434 e. The zero-order chi connectivity index (χ0) is 15.3. The van der Waals surface area contributed by atoms with Gasteiger partial charge in [-0.05, 0) is 23.4 Å². The number of carbonyl (C=O) groups is 1. The van der Waals surface area contributed by atoms with Crippen LogP contribution in [-0.4, -0.2) is 23.8 Å². The number of ether oxygens (including phenoxy) is 1. The van der Waals surface area contributed by atoms with E-state index < -0.39 is 40.3 Å². The standard InChI is InChI=1S/C11H8ClF5O2S/c12-5-7(18)4-6-2-1-3-8(19-10(13)14)9(6)20-11(15,16)17/h1-3,10H,4-5H2. The highest BCUT2D eigenvalue weighted by atomic mass is 35.5. The summed E-state index contributed by atoms with van der Waals surface area (Å²) in [7, 11) is 0. The van der Waals surface area contributed by atoms with Crippen LogP contribution in [0.15, 0.2) is 23.1 Å². The van der Waals surface area contributed by atoms with Gasteiger partial charge in [-0.2, -0.15) is 22.0 Å². The summed E-state index contributed by atoms with van der Waals surface area (Å²) < 4.78 is 65.8. The molecule has 9 heteroatoms. The fourth-order valence-corrected chi connectivity index (χ4v) is 2.19. The molecule has 1 rings (SSSR count). The molecule has 0 N–H and O–H groups in total.